The summed E-state index contributed by atoms with van der Waals surface area (Å²) in [7, 11) is 0. The van der Waals surface area contributed by atoms with E-state index in [0.29, 0.717) is 11.7 Å². The van der Waals surface area contributed by atoms with Gasteiger partial charge in [0, 0.05) is 0 Å². The summed E-state index contributed by atoms with van der Waals surface area (Å²) in [4.78, 5) is 8.00. The van der Waals surface area contributed by atoms with Crippen molar-refractivity contribution in [1.82, 2.24) is 0 Å². The van der Waals surface area contributed by atoms with Gasteiger partial charge < -0.3 is 9.90 Å². The molecule has 0 spiro atoms. The van der Waals surface area contributed by atoms with Gasteiger partial charge in [0.05, 0.1) is 0 Å². The molecule has 12 heavy (non-hydrogen) atoms. The molecular weight excluding hydrogens is 152 g/mol. The first-order chi connectivity index (χ1) is 5.72. The summed E-state index contributed by atoms with van der Waals surface area (Å²) in [5, 5.41) is 9.28. The maximum Gasteiger partial charge on any atom is 0.119 e. The summed E-state index contributed by atoms with van der Waals surface area (Å²) < 4.78 is 0. The Kier molecular flexibility index (Phi) is 4.77. The van der Waals surface area contributed by atoms with Crippen molar-refractivity contribution in [3.8, 4) is 5.75 Å². The zero-order chi connectivity index (χ0) is 9.56. The van der Waals surface area contributed by atoms with E-state index in [0.717, 1.165) is 5.56 Å². The number of benzene rings is 1. The van der Waals surface area contributed by atoms with Crippen molar-refractivity contribution < 1.29 is 9.90 Å². The summed E-state index contributed by atoms with van der Waals surface area (Å²) >= 11 is 0. The minimum atomic E-state index is 0.400. The number of aromatic hydroxyl groups is 1. The molecule has 0 radical (unpaired) electrons. The van der Waals surface area contributed by atoms with Crippen LogP contribution in [0, 0.1) is 0 Å². The maximum absolute atomic E-state index is 9.28. The molecule has 2 heteroatoms. The fourth-order valence-electron chi connectivity index (χ4n) is 0.976. The second kappa shape index (κ2) is 5.35. The Morgan fingerprint density at radius 3 is 2.08 bits per heavy atom. The first kappa shape index (κ1) is 10.7. The van der Waals surface area contributed by atoms with E-state index in [9.17, 15) is 5.11 Å². The van der Waals surface area contributed by atoms with Crippen molar-refractivity contribution in [3.63, 3.8) is 0 Å². The minimum absolute atomic E-state index is 0.400. The lowest BCUT2D eigenvalue weighted by Gasteiger charge is -2.05. The summed E-state index contributed by atoms with van der Waals surface area (Å²) in [5.41, 5.74) is 1.02. The van der Waals surface area contributed by atoms with Crippen LogP contribution in [0.4, 0.5) is 0 Å². The number of carbonyl (C=O) groups excluding carboxylic acids is 1. The summed E-state index contributed by atoms with van der Waals surface area (Å²) in [6, 6.07) is 7.44. The summed E-state index contributed by atoms with van der Waals surface area (Å²) in [6.07, 6.45) is 0. The van der Waals surface area contributed by atoms with Gasteiger partial charge in [-0.25, -0.2) is 0 Å². The molecule has 0 aliphatic heterocycles. The van der Waals surface area contributed by atoms with Crippen LogP contribution in [0.1, 0.15) is 25.3 Å². The molecule has 2 nitrogen and oxygen atoms in total. The average Bonchev–Trinajstić information content (AvgIpc) is 2.08. The molecule has 66 valence electrons. The third-order valence-corrected chi connectivity index (χ3v) is 1.56. The lowest BCUT2D eigenvalue weighted by atomic mass is 10.0. The van der Waals surface area contributed by atoms with Crippen molar-refractivity contribution in [3.05, 3.63) is 29.8 Å². The van der Waals surface area contributed by atoms with E-state index in [2.05, 4.69) is 13.8 Å². The van der Waals surface area contributed by atoms with Gasteiger partial charge in [0.15, 0.2) is 0 Å². The molecule has 0 saturated carbocycles. The maximum atomic E-state index is 9.28. The van der Waals surface area contributed by atoms with Crippen molar-refractivity contribution in [2.45, 2.75) is 19.8 Å². The van der Waals surface area contributed by atoms with Crippen molar-refractivity contribution in [2.24, 2.45) is 0 Å². The van der Waals surface area contributed by atoms with E-state index >= 15 is 0 Å². The minimum Gasteiger partial charge on any atom is -0.508 e. The highest BCUT2D eigenvalue weighted by molar-refractivity contribution is 5.33. The Hall–Kier alpha value is -1.31. The van der Waals surface area contributed by atoms with Gasteiger partial charge in [-0.3, -0.25) is 0 Å². The first-order valence-electron chi connectivity index (χ1n) is 3.78. The van der Waals surface area contributed by atoms with Gasteiger partial charge in [0.1, 0.15) is 12.5 Å². The molecule has 0 heterocycles. The normalized spacial score (nSPS) is 8.92. The molecule has 0 aliphatic rings. The fourth-order valence-corrected chi connectivity index (χ4v) is 0.976. The molecule has 0 aromatic heterocycles. The lowest BCUT2D eigenvalue weighted by Crippen LogP contribution is -1.85. The van der Waals surface area contributed by atoms with Gasteiger partial charge in [-0.2, -0.15) is 0 Å². The molecular formula is C10H14O2. The molecule has 0 saturated heterocycles. The summed E-state index contributed by atoms with van der Waals surface area (Å²) in [5.74, 6) is 0.804. The van der Waals surface area contributed by atoms with E-state index < -0.39 is 0 Å². The van der Waals surface area contributed by atoms with Crippen LogP contribution in [0.25, 0.3) is 0 Å². The topological polar surface area (TPSA) is 37.3 Å². The zero-order valence-corrected chi connectivity index (χ0v) is 7.45. The molecule has 0 amide bonds. The van der Waals surface area contributed by atoms with Gasteiger partial charge in [-0.1, -0.05) is 32.0 Å². The van der Waals surface area contributed by atoms with Crippen molar-refractivity contribution in [1.29, 1.82) is 0 Å². The van der Waals surface area contributed by atoms with Crippen LogP contribution < -0.4 is 0 Å². The number of hydrogen-bond acceptors (Lipinski definition) is 2. The second-order valence-corrected chi connectivity index (χ2v) is 2.71. The molecule has 0 atom stereocenters. The molecule has 1 rings (SSSR count). The summed E-state index contributed by atoms with van der Waals surface area (Å²) in [6.45, 7) is 6.13. The SMILES string of the molecule is C=O.CC(C)c1ccccc1O. The Morgan fingerprint density at radius 1 is 1.25 bits per heavy atom. The van der Waals surface area contributed by atoms with Crippen molar-refractivity contribution in [2.75, 3.05) is 0 Å². The highest BCUT2D eigenvalue weighted by atomic mass is 16.3. The third kappa shape index (κ3) is 2.74. The van der Waals surface area contributed by atoms with Gasteiger partial charge in [-0.05, 0) is 17.5 Å². The zero-order valence-electron chi connectivity index (χ0n) is 7.45. The smallest absolute Gasteiger partial charge is 0.119 e. The highest BCUT2D eigenvalue weighted by Gasteiger charge is 2.01. The molecule has 0 unspecified atom stereocenters. The molecule has 0 fully saturated rings. The van der Waals surface area contributed by atoms with Gasteiger partial charge in [0.2, 0.25) is 0 Å². The Bertz CT molecular complexity index is 231. The van der Waals surface area contributed by atoms with Crippen LogP contribution in [0.5, 0.6) is 5.75 Å². The Balaban J connectivity index is 0.000000561. The third-order valence-electron chi connectivity index (χ3n) is 1.56. The molecule has 0 aliphatic carbocycles. The largest absolute Gasteiger partial charge is 0.508 e. The number of hydrogen-bond donors (Lipinski definition) is 1. The van der Waals surface area contributed by atoms with Crippen LogP contribution in [-0.2, 0) is 4.79 Å². The van der Waals surface area contributed by atoms with Crippen LogP contribution in [0.15, 0.2) is 24.3 Å². The number of phenolic OH excluding ortho intramolecular Hbond substituents is 1. The highest BCUT2D eigenvalue weighted by Crippen LogP contribution is 2.23. The first-order valence-corrected chi connectivity index (χ1v) is 3.78. The number of phenols is 1. The average molecular weight is 166 g/mol. The number of carbonyl (C=O) groups is 1. The lowest BCUT2D eigenvalue weighted by molar-refractivity contribution is -0.0979. The van der Waals surface area contributed by atoms with E-state index in [4.69, 9.17) is 4.79 Å². The van der Waals surface area contributed by atoms with Crippen LogP contribution in [0.2, 0.25) is 0 Å². The van der Waals surface area contributed by atoms with E-state index in [1.165, 1.54) is 0 Å². The van der Waals surface area contributed by atoms with E-state index in [-0.39, 0.29) is 0 Å². The van der Waals surface area contributed by atoms with Crippen LogP contribution in [-0.4, -0.2) is 11.9 Å². The predicted molar refractivity (Wildman–Crippen MR) is 49.3 cm³/mol. The predicted octanol–water partition coefficient (Wildman–Crippen LogP) is 2.33. The standard InChI is InChI=1S/C9H12O.CH2O/c1-7(2)8-5-3-4-6-9(8)10;1-2/h3-7,10H,1-2H3;1H2. The van der Waals surface area contributed by atoms with Gasteiger partial charge in [-0.15, -0.1) is 0 Å². The second-order valence-electron chi connectivity index (χ2n) is 2.71. The Morgan fingerprint density at radius 2 is 1.75 bits per heavy atom. The van der Waals surface area contributed by atoms with Crippen LogP contribution in [0.3, 0.4) is 0 Å². The molecule has 0 bridgehead atoms. The number of rotatable bonds is 1. The van der Waals surface area contributed by atoms with Crippen molar-refractivity contribution >= 4 is 6.79 Å². The van der Waals surface area contributed by atoms with E-state index in [1.807, 2.05) is 25.0 Å². The van der Waals surface area contributed by atoms with Crippen LogP contribution >= 0.6 is 0 Å². The fraction of sp³-hybridized carbons (Fsp3) is 0.300. The Labute approximate surface area is 72.9 Å². The van der Waals surface area contributed by atoms with Gasteiger partial charge in [0.25, 0.3) is 0 Å². The molecule has 1 aromatic rings. The molecule has 1 aromatic carbocycles. The molecule has 1 N–H and O–H groups in total. The quantitative estimate of drug-likeness (QED) is 0.695. The van der Waals surface area contributed by atoms with E-state index in [1.54, 1.807) is 6.07 Å². The monoisotopic (exact) mass is 166 g/mol. The number of para-hydroxylation sites is 1. The van der Waals surface area contributed by atoms with Gasteiger partial charge >= 0.3 is 0 Å².